The van der Waals surface area contributed by atoms with Gasteiger partial charge in [0.25, 0.3) is 5.91 Å². The van der Waals surface area contributed by atoms with E-state index in [1.165, 1.54) is 4.88 Å². The van der Waals surface area contributed by atoms with Gasteiger partial charge in [0.1, 0.15) is 5.00 Å². The molecule has 1 aromatic heterocycles. The summed E-state index contributed by atoms with van der Waals surface area (Å²) < 4.78 is 0. The van der Waals surface area contributed by atoms with Gasteiger partial charge in [-0.05, 0) is 37.7 Å². The van der Waals surface area contributed by atoms with E-state index in [1.807, 2.05) is 6.92 Å². The van der Waals surface area contributed by atoms with Gasteiger partial charge in [-0.3, -0.25) is 9.59 Å². The van der Waals surface area contributed by atoms with Crippen molar-refractivity contribution in [3.05, 3.63) is 16.0 Å². The zero-order valence-corrected chi connectivity index (χ0v) is 13.3. The van der Waals surface area contributed by atoms with E-state index < -0.39 is 0 Å². The van der Waals surface area contributed by atoms with Crippen molar-refractivity contribution >= 4 is 28.2 Å². The third-order valence-electron chi connectivity index (χ3n) is 3.56. The van der Waals surface area contributed by atoms with Gasteiger partial charge in [-0.15, -0.1) is 11.3 Å². The number of nitrogens with two attached hydrogens (primary N) is 1. The molecule has 0 aromatic carbocycles. The van der Waals surface area contributed by atoms with E-state index in [9.17, 15) is 9.59 Å². The van der Waals surface area contributed by atoms with Gasteiger partial charge in [0.2, 0.25) is 5.91 Å². The second-order valence-electron chi connectivity index (χ2n) is 5.26. The van der Waals surface area contributed by atoms with Crippen LogP contribution in [0.2, 0.25) is 0 Å². The highest BCUT2D eigenvalue weighted by Gasteiger charge is 2.25. The molecule has 1 heterocycles. The summed E-state index contributed by atoms with van der Waals surface area (Å²) in [5.41, 5.74) is 7.22. The fourth-order valence-corrected chi connectivity index (χ4v) is 3.89. The Balaban J connectivity index is 2.27. The van der Waals surface area contributed by atoms with Crippen LogP contribution in [0.15, 0.2) is 0 Å². The zero-order valence-electron chi connectivity index (χ0n) is 12.5. The summed E-state index contributed by atoms with van der Waals surface area (Å²) in [7, 11) is 0. The lowest BCUT2D eigenvalue weighted by molar-refractivity contribution is -0.116. The van der Waals surface area contributed by atoms with Gasteiger partial charge in [0.05, 0.1) is 5.56 Å². The molecular weight excluding hydrogens is 286 g/mol. The van der Waals surface area contributed by atoms with Gasteiger partial charge < -0.3 is 16.4 Å². The molecule has 0 atom stereocenters. The number of hydrogen-bond acceptors (Lipinski definition) is 4. The monoisotopic (exact) mass is 309 g/mol. The lowest BCUT2D eigenvalue weighted by atomic mass is 9.95. The van der Waals surface area contributed by atoms with E-state index >= 15 is 0 Å². The molecule has 21 heavy (non-hydrogen) atoms. The highest BCUT2D eigenvalue weighted by Crippen LogP contribution is 2.38. The van der Waals surface area contributed by atoms with E-state index in [0.29, 0.717) is 30.1 Å². The molecule has 1 aromatic rings. The van der Waals surface area contributed by atoms with Gasteiger partial charge in [0, 0.05) is 24.4 Å². The molecule has 0 fully saturated rings. The SMILES string of the molecule is CCCC(=O)Nc1sc2c(c1C(=O)NCCN)CCCC2. The van der Waals surface area contributed by atoms with Crippen molar-refractivity contribution in [2.24, 2.45) is 5.73 Å². The minimum Gasteiger partial charge on any atom is -0.351 e. The minimum atomic E-state index is -0.119. The molecule has 2 rings (SSSR count). The Labute approximate surface area is 129 Å². The van der Waals surface area contributed by atoms with Crippen LogP contribution < -0.4 is 16.4 Å². The maximum atomic E-state index is 12.4. The third-order valence-corrected chi connectivity index (χ3v) is 4.77. The molecule has 0 aliphatic heterocycles. The molecule has 116 valence electrons. The van der Waals surface area contributed by atoms with Crippen LogP contribution in [0.5, 0.6) is 0 Å². The maximum absolute atomic E-state index is 12.4. The Morgan fingerprint density at radius 3 is 2.76 bits per heavy atom. The number of rotatable bonds is 6. The smallest absolute Gasteiger partial charge is 0.254 e. The number of anilines is 1. The third kappa shape index (κ3) is 3.83. The van der Waals surface area contributed by atoms with E-state index in [1.54, 1.807) is 11.3 Å². The van der Waals surface area contributed by atoms with Gasteiger partial charge in [-0.2, -0.15) is 0 Å². The largest absolute Gasteiger partial charge is 0.351 e. The summed E-state index contributed by atoms with van der Waals surface area (Å²) in [6, 6.07) is 0. The summed E-state index contributed by atoms with van der Waals surface area (Å²) >= 11 is 1.55. The normalized spacial score (nSPS) is 13.6. The van der Waals surface area contributed by atoms with Crippen molar-refractivity contribution < 1.29 is 9.59 Å². The maximum Gasteiger partial charge on any atom is 0.254 e. The molecule has 0 saturated heterocycles. The first kappa shape index (κ1) is 16.0. The molecule has 0 spiro atoms. The standard InChI is InChI=1S/C15H23N3O2S/c1-2-5-12(19)18-15-13(14(20)17-9-8-16)10-6-3-4-7-11(10)21-15/h2-9,16H2,1H3,(H,17,20)(H,18,19). The molecule has 6 heteroatoms. The number of aryl methyl sites for hydroxylation is 1. The average Bonchev–Trinajstić information content (AvgIpc) is 2.82. The fraction of sp³-hybridized carbons (Fsp3) is 0.600. The first-order chi connectivity index (χ1) is 10.2. The lowest BCUT2D eigenvalue weighted by Crippen LogP contribution is -2.30. The van der Waals surface area contributed by atoms with Crippen LogP contribution >= 0.6 is 11.3 Å². The molecule has 4 N–H and O–H groups in total. The number of fused-ring (bicyclic) bond motifs is 1. The molecule has 0 radical (unpaired) electrons. The molecule has 2 amide bonds. The van der Waals surface area contributed by atoms with Crippen LogP contribution in [0.3, 0.4) is 0 Å². The summed E-state index contributed by atoms with van der Waals surface area (Å²) in [6.45, 7) is 2.83. The van der Waals surface area contributed by atoms with Crippen molar-refractivity contribution in [3.63, 3.8) is 0 Å². The van der Waals surface area contributed by atoms with Gasteiger partial charge >= 0.3 is 0 Å². The van der Waals surface area contributed by atoms with Gasteiger partial charge in [0.15, 0.2) is 0 Å². The number of hydrogen-bond donors (Lipinski definition) is 3. The summed E-state index contributed by atoms with van der Waals surface area (Å²) in [5, 5.41) is 6.44. The van der Waals surface area contributed by atoms with Crippen LogP contribution in [0.4, 0.5) is 5.00 Å². The van der Waals surface area contributed by atoms with Crippen LogP contribution in [-0.2, 0) is 17.6 Å². The van der Waals surface area contributed by atoms with E-state index in [-0.39, 0.29) is 11.8 Å². The minimum absolute atomic E-state index is 0.0241. The summed E-state index contributed by atoms with van der Waals surface area (Å²) in [6.07, 6.45) is 5.45. The predicted octanol–water partition coefficient (Wildman–Crippen LogP) is 2.05. The van der Waals surface area contributed by atoms with Crippen LogP contribution in [0.1, 0.15) is 53.4 Å². The molecule has 0 bridgehead atoms. The Kier molecular flexibility index (Phi) is 5.76. The highest BCUT2D eigenvalue weighted by atomic mass is 32.1. The second-order valence-corrected chi connectivity index (χ2v) is 6.36. The topological polar surface area (TPSA) is 84.2 Å². The molecule has 5 nitrogen and oxygen atoms in total. The lowest BCUT2D eigenvalue weighted by Gasteiger charge is -2.13. The average molecular weight is 309 g/mol. The van der Waals surface area contributed by atoms with Crippen molar-refractivity contribution in [1.29, 1.82) is 0 Å². The highest BCUT2D eigenvalue weighted by molar-refractivity contribution is 7.17. The van der Waals surface area contributed by atoms with Crippen molar-refractivity contribution in [2.75, 3.05) is 18.4 Å². The Bertz CT molecular complexity index is 525. The summed E-state index contributed by atoms with van der Waals surface area (Å²) in [5.74, 6) is -0.143. The molecule has 1 aliphatic rings. The number of thiophene rings is 1. The van der Waals surface area contributed by atoms with Crippen molar-refractivity contribution in [2.45, 2.75) is 45.4 Å². The first-order valence-corrected chi connectivity index (χ1v) is 8.41. The predicted molar refractivity (Wildman–Crippen MR) is 85.9 cm³/mol. The zero-order chi connectivity index (χ0) is 15.2. The van der Waals surface area contributed by atoms with Crippen LogP contribution in [0.25, 0.3) is 0 Å². The fourth-order valence-electron chi connectivity index (χ4n) is 2.58. The second kappa shape index (κ2) is 7.56. The van der Waals surface area contributed by atoms with E-state index in [0.717, 1.165) is 37.7 Å². The Morgan fingerprint density at radius 2 is 2.05 bits per heavy atom. The van der Waals surface area contributed by atoms with Crippen molar-refractivity contribution in [1.82, 2.24) is 5.32 Å². The van der Waals surface area contributed by atoms with Crippen LogP contribution in [-0.4, -0.2) is 24.9 Å². The van der Waals surface area contributed by atoms with E-state index in [4.69, 9.17) is 5.73 Å². The van der Waals surface area contributed by atoms with Crippen LogP contribution in [0, 0.1) is 0 Å². The molecular formula is C15H23N3O2S. The Hall–Kier alpha value is -1.40. The molecule has 0 saturated carbocycles. The first-order valence-electron chi connectivity index (χ1n) is 7.60. The van der Waals surface area contributed by atoms with Crippen molar-refractivity contribution in [3.8, 4) is 0 Å². The summed E-state index contributed by atoms with van der Waals surface area (Å²) in [4.78, 5) is 25.5. The number of nitrogens with one attached hydrogen (secondary N) is 2. The van der Waals surface area contributed by atoms with Gasteiger partial charge in [-0.1, -0.05) is 6.92 Å². The number of amides is 2. The Morgan fingerprint density at radius 1 is 1.29 bits per heavy atom. The molecule has 0 unspecified atom stereocenters. The van der Waals surface area contributed by atoms with Gasteiger partial charge in [-0.25, -0.2) is 0 Å². The van der Waals surface area contributed by atoms with E-state index in [2.05, 4.69) is 10.6 Å². The number of carbonyl (C=O) groups is 2. The molecule has 1 aliphatic carbocycles. The quantitative estimate of drug-likeness (QED) is 0.752. The number of carbonyl (C=O) groups excluding carboxylic acids is 2.